The maximum Gasteiger partial charge on any atom is 0.224 e. The number of aryl methyl sites for hydroxylation is 1. The fourth-order valence-electron chi connectivity index (χ4n) is 4.80. The van der Waals surface area contributed by atoms with Crippen molar-refractivity contribution < 1.29 is 9.18 Å². The summed E-state index contributed by atoms with van der Waals surface area (Å²) in [4.78, 5) is 19.3. The fraction of sp³-hybridized carbons (Fsp3) is 0.231. The van der Waals surface area contributed by atoms with Crippen LogP contribution in [0, 0.1) is 17.1 Å². The van der Waals surface area contributed by atoms with E-state index < -0.39 is 5.82 Å². The van der Waals surface area contributed by atoms with Gasteiger partial charge in [0.1, 0.15) is 11.6 Å². The van der Waals surface area contributed by atoms with Gasteiger partial charge in [-0.3, -0.25) is 9.48 Å². The number of carbonyl (C=O) groups is 1. The van der Waals surface area contributed by atoms with Crippen molar-refractivity contribution in [1.82, 2.24) is 39.5 Å². The number of halogens is 1. The first-order valence-corrected chi connectivity index (χ1v) is 12.1. The quantitative estimate of drug-likeness (QED) is 0.372. The van der Waals surface area contributed by atoms with Gasteiger partial charge in [0.05, 0.1) is 42.5 Å². The van der Waals surface area contributed by atoms with Crippen LogP contribution in [0.15, 0.2) is 61.6 Å². The fourth-order valence-corrected chi connectivity index (χ4v) is 4.80. The highest BCUT2D eigenvalue weighted by atomic mass is 19.1. The largest absolute Gasteiger partial charge is 0.368 e. The number of fused-ring (bicyclic) bond motifs is 1. The molecule has 5 aromatic rings. The van der Waals surface area contributed by atoms with Crippen molar-refractivity contribution in [1.29, 1.82) is 5.26 Å². The second-order valence-electron chi connectivity index (χ2n) is 9.28. The van der Waals surface area contributed by atoms with E-state index >= 15 is 0 Å². The summed E-state index contributed by atoms with van der Waals surface area (Å²) in [5.41, 5.74) is 4.78. The van der Waals surface area contributed by atoms with Gasteiger partial charge >= 0.3 is 0 Å². The lowest BCUT2D eigenvalue weighted by Gasteiger charge is -2.21. The Bertz CT molecular complexity index is 1680. The maximum absolute atomic E-state index is 13.2. The Labute approximate surface area is 216 Å². The summed E-state index contributed by atoms with van der Waals surface area (Å²) in [5, 5.41) is 25.3. The third kappa shape index (κ3) is 4.45. The Morgan fingerprint density at radius 1 is 1.13 bits per heavy atom. The molecule has 0 spiro atoms. The van der Waals surface area contributed by atoms with Crippen molar-refractivity contribution in [2.24, 2.45) is 7.05 Å². The van der Waals surface area contributed by atoms with Gasteiger partial charge < -0.3 is 10.2 Å². The van der Waals surface area contributed by atoms with E-state index in [1.807, 2.05) is 19.4 Å². The van der Waals surface area contributed by atoms with Crippen LogP contribution in [-0.2, 0) is 18.3 Å². The molecule has 0 saturated carbocycles. The number of rotatable bonds is 6. The molecule has 0 unspecified atom stereocenters. The van der Waals surface area contributed by atoms with Gasteiger partial charge in [-0.1, -0.05) is 6.07 Å². The summed E-state index contributed by atoms with van der Waals surface area (Å²) in [7, 11) is 1.86. The first-order valence-electron chi connectivity index (χ1n) is 12.1. The van der Waals surface area contributed by atoms with Crippen LogP contribution < -0.4 is 10.2 Å². The predicted octanol–water partition coefficient (Wildman–Crippen LogP) is 2.26. The molecule has 6 heterocycles. The lowest BCUT2D eigenvalue weighted by atomic mass is 10.1. The van der Waals surface area contributed by atoms with Crippen LogP contribution in [0.1, 0.15) is 17.5 Å². The molecule has 11 nitrogen and oxygen atoms in total. The summed E-state index contributed by atoms with van der Waals surface area (Å²) >= 11 is 0. The van der Waals surface area contributed by atoms with Crippen molar-refractivity contribution in [2.45, 2.75) is 18.9 Å². The van der Waals surface area contributed by atoms with Gasteiger partial charge in [-0.15, -0.1) is 0 Å². The summed E-state index contributed by atoms with van der Waals surface area (Å²) in [6.45, 7) is 1.33. The topological polar surface area (TPSA) is 122 Å². The lowest BCUT2D eigenvalue weighted by molar-refractivity contribution is -0.121. The third-order valence-corrected chi connectivity index (χ3v) is 6.60. The van der Waals surface area contributed by atoms with Crippen LogP contribution in [0.3, 0.4) is 0 Å². The monoisotopic (exact) mass is 510 g/mol. The Morgan fingerprint density at radius 2 is 2.03 bits per heavy atom. The molecule has 1 amide bonds. The van der Waals surface area contributed by atoms with Crippen LogP contribution in [0.4, 0.5) is 10.1 Å². The summed E-state index contributed by atoms with van der Waals surface area (Å²) in [6.07, 6.45) is 12.1. The molecule has 1 N–H and O–H groups in total. The van der Waals surface area contributed by atoms with E-state index in [1.165, 1.54) is 10.9 Å². The van der Waals surface area contributed by atoms with E-state index in [0.29, 0.717) is 17.9 Å². The Hall–Kier alpha value is -5.05. The number of anilines is 1. The van der Waals surface area contributed by atoms with Crippen LogP contribution in [0.2, 0.25) is 0 Å². The van der Waals surface area contributed by atoms with Gasteiger partial charge in [-0.2, -0.15) is 20.6 Å². The van der Waals surface area contributed by atoms with Crippen LogP contribution >= 0.6 is 0 Å². The lowest BCUT2D eigenvalue weighted by Crippen LogP contribution is -2.38. The molecule has 0 bridgehead atoms. The highest BCUT2D eigenvalue weighted by Gasteiger charge is 2.27. The van der Waals surface area contributed by atoms with Crippen LogP contribution in [0.5, 0.6) is 0 Å². The van der Waals surface area contributed by atoms with Gasteiger partial charge in [0.2, 0.25) is 5.91 Å². The molecule has 12 heteroatoms. The summed E-state index contributed by atoms with van der Waals surface area (Å²) in [5.74, 6) is -0.0729. The molecule has 5 aromatic heterocycles. The first kappa shape index (κ1) is 23.4. The van der Waals surface area contributed by atoms with Crippen molar-refractivity contribution in [3.63, 3.8) is 0 Å². The molecule has 6 rings (SSSR count). The van der Waals surface area contributed by atoms with Crippen molar-refractivity contribution >= 4 is 17.1 Å². The zero-order valence-electron chi connectivity index (χ0n) is 20.5. The zero-order chi connectivity index (χ0) is 26.2. The van der Waals surface area contributed by atoms with Crippen LogP contribution in [-0.4, -0.2) is 59.2 Å². The molecule has 190 valence electrons. The molecule has 0 aromatic carbocycles. The SMILES string of the molecule is Cn1cc(-c2cc(N3CC[C@H](NC(=O)Cc4ccc(-n5cc(F)cn5)nc4)C3)c3c(C#N)cnn3c2)cn1. The molecule has 1 fully saturated rings. The maximum atomic E-state index is 13.2. The minimum atomic E-state index is -0.442. The number of pyridine rings is 2. The average molecular weight is 511 g/mol. The van der Waals surface area contributed by atoms with E-state index in [0.717, 1.165) is 47.1 Å². The van der Waals surface area contributed by atoms with Gasteiger partial charge in [-0.25, -0.2) is 18.6 Å². The highest BCUT2D eigenvalue weighted by Crippen LogP contribution is 2.32. The average Bonchev–Trinajstić information content (AvgIpc) is 3.71. The van der Waals surface area contributed by atoms with E-state index in [4.69, 9.17) is 0 Å². The molecule has 38 heavy (non-hydrogen) atoms. The number of nitrogens with zero attached hydrogens (tertiary/aromatic N) is 9. The Morgan fingerprint density at radius 3 is 2.74 bits per heavy atom. The molecule has 1 aliphatic heterocycles. The second-order valence-corrected chi connectivity index (χ2v) is 9.28. The standard InChI is InChI=1S/C26H23FN10O/c1-34-13-20(11-30-34)18-7-23(26-19(8-28)10-31-37(26)14-18)35-5-4-22(16-35)33-25(38)6-17-2-3-24(29-9-17)36-15-21(27)12-32-36/h2-3,7,9-15,22H,4-6,16H2,1H3,(H,33,38)/t22-/m0/s1. The van der Waals surface area contributed by atoms with Crippen molar-refractivity contribution in [2.75, 3.05) is 18.0 Å². The van der Waals surface area contributed by atoms with Gasteiger partial charge in [0.25, 0.3) is 0 Å². The van der Waals surface area contributed by atoms with Gasteiger partial charge in [0.15, 0.2) is 11.6 Å². The molecular weight excluding hydrogens is 487 g/mol. The van der Waals surface area contributed by atoms with E-state index in [-0.39, 0.29) is 18.4 Å². The predicted molar refractivity (Wildman–Crippen MR) is 136 cm³/mol. The molecule has 1 atom stereocenters. The number of hydrogen-bond acceptors (Lipinski definition) is 7. The van der Waals surface area contributed by atoms with Crippen molar-refractivity contribution in [3.05, 3.63) is 78.5 Å². The molecule has 1 aliphatic rings. The normalized spacial score (nSPS) is 15.2. The van der Waals surface area contributed by atoms with Gasteiger partial charge in [0, 0.05) is 55.9 Å². The molecule has 0 radical (unpaired) electrons. The van der Waals surface area contributed by atoms with E-state index in [1.54, 1.807) is 39.9 Å². The third-order valence-electron chi connectivity index (χ3n) is 6.60. The number of aromatic nitrogens is 7. The second kappa shape index (κ2) is 9.44. The minimum absolute atomic E-state index is 0.0441. The molecular formula is C26H23FN10O. The Kier molecular flexibility index (Phi) is 5.80. The number of nitriles is 1. The van der Waals surface area contributed by atoms with E-state index in [9.17, 15) is 14.4 Å². The molecule has 0 aliphatic carbocycles. The van der Waals surface area contributed by atoms with E-state index in [2.05, 4.69) is 42.6 Å². The molecule has 1 saturated heterocycles. The number of amides is 1. The summed E-state index contributed by atoms with van der Waals surface area (Å²) < 4.78 is 18.0. The van der Waals surface area contributed by atoms with Crippen LogP contribution in [0.25, 0.3) is 22.5 Å². The van der Waals surface area contributed by atoms with Crippen molar-refractivity contribution in [3.8, 4) is 23.0 Å². The zero-order valence-corrected chi connectivity index (χ0v) is 20.5. The number of nitrogens with one attached hydrogen (secondary N) is 1. The highest BCUT2D eigenvalue weighted by molar-refractivity contribution is 5.84. The summed E-state index contributed by atoms with van der Waals surface area (Å²) in [6, 6.07) is 7.73. The van der Waals surface area contributed by atoms with Gasteiger partial charge in [-0.05, 0) is 24.1 Å². The number of hydrogen-bond donors (Lipinski definition) is 1. The number of carbonyl (C=O) groups excluding carboxylic acids is 1. The Balaban J connectivity index is 1.16. The first-order chi connectivity index (χ1) is 18.5. The smallest absolute Gasteiger partial charge is 0.224 e. The minimum Gasteiger partial charge on any atom is -0.368 e.